The van der Waals surface area contributed by atoms with Gasteiger partial charge in [0.1, 0.15) is 0 Å². The molecule has 1 saturated carbocycles. The summed E-state index contributed by atoms with van der Waals surface area (Å²) in [5.41, 5.74) is 0. The van der Waals surface area contributed by atoms with Gasteiger partial charge in [-0.2, -0.15) is 0 Å². The zero-order valence-electron chi connectivity index (χ0n) is 11.1. The third-order valence-corrected chi connectivity index (χ3v) is 5.75. The van der Waals surface area contributed by atoms with Crippen molar-refractivity contribution in [3.8, 4) is 0 Å². The summed E-state index contributed by atoms with van der Waals surface area (Å²) >= 11 is 0. The molecule has 1 aliphatic carbocycles. The van der Waals surface area contributed by atoms with Crippen LogP contribution in [0, 0.1) is 11.8 Å². The number of rotatable bonds is 2. The number of nitrogens with zero attached hydrogens (tertiary/aromatic N) is 1. The lowest BCUT2D eigenvalue weighted by Gasteiger charge is -2.41. The second kappa shape index (κ2) is 4.89. The lowest BCUT2D eigenvalue weighted by atomic mass is 9.76. The van der Waals surface area contributed by atoms with E-state index in [-0.39, 0.29) is 6.10 Å². The maximum absolute atomic E-state index is 10.6. The van der Waals surface area contributed by atoms with Gasteiger partial charge in [0.15, 0.2) is 0 Å². The molecular weight excluding hydrogens is 210 g/mol. The van der Waals surface area contributed by atoms with Gasteiger partial charge in [-0.1, -0.05) is 19.3 Å². The van der Waals surface area contributed by atoms with Gasteiger partial charge in [-0.3, -0.25) is 0 Å². The highest BCUT2D eigenvalue weighted by molar-refractivity contribution is 4.96. The average Bonchev–Trinajstić information content (AvgIpc) is 2.61. The van der Waals surface area contributed by atoms with E-state index in [2.05, 4.69) is 11.9 Å². The van der Waals surface area contributed by atoms with Gasteiger partial charge < -0.3 is 10.0 Å². The standard InChI is InChI=1S/C15H27NO/c1-16-13-7-8-14(16)10-12(9-13)15(17)11-5-3-2-4-6-11/h11-15,17H,2-10H2,1H3. The predicted molar refractivity (Wildman–Crippen MR) is 69.9 cm³/mol. The van der Waals surface area contributed by atoms with Gasteiger partial charge in [-0.25, -0.2) is 0 Å². The molecule has 3 rings (SSSR count). The molecule has 0 aromatic carbocycles. The topological polar surface area (TPSA) is 23.5 Å². The Morgan fingerprint density at radius 2 is 1.47 bits per heavy atom. The molecule has 0 spiro atoms. The smallest absolute Gasteiger partial charge is 0.0597 e. The van der Waals surface area contributed by atoms with Crippen molar-refractivity contribution in [3.05, 3.63) is 0 Å². The fourth-order valence-corrected chi connectivity index (χ4v) is 4.59. The van der Waals surface area contributed by atoms with Crippen molar-refractivity contribution in [2.45, 2.75) is 76.0 Å². The van der Waals surface area contributed by atoms with Crippen molar-refractivity contribution >= 4 is 0 Å². The number of aliphatic hydroxyl groups is 1. The van der Waals surface area contributed by atoms with Gasteiger partial charge in [0.05, 0.1) is 6.10 Å². The van der Waals surface area contributed by atoms with Crippen LogP contribution in [0.4, 0.5) is 0 Å². The quantitative estimate of drug-likeness (QED) is 0.798. The van der Waals surface area contributed by atoms with Crippen molar-refractivity contribution in [3.63, 3.8) is 0 Å². The van der Waals surface area contributed by atoms with E-state index < -0.39 is 0 Å². The molecule has 3 unspecified atom stereocenters. The zero-order chi connectivity index (χ0) is 11.8. The molecule has 2 nitrogen and oxygen atoms in total. The molecule has 17 heavy (non-hydrogen) atoms. The molecule has 2 aliphatic heterocycles. The van der Waals surface area contributed by atoms with Crippen molar-refractivity contribution in [1.29, 1.82) is 0 Å². The summed E-state index contributed by atoms with van der Waals surface area (Å²) in [5, 5.41) is 10.6. The third kappa shape index (κ3) is 2.26. The van der Waals surface area contributed by atoms with E-state index >= 15 is 0 Å². The van der Waals surface area contributed by atoms with Crippen LogP contribution in [0.1, 0.15) is 57.8 Å². The van der Waals surface area contributed by atoms with Crippen LogP contribution < -0.4 is 0 Å². The van der Waals surface area contributed by atoms with E-state index in [0.717, 1.165) is 12.1 Å². The SMILES string of the molecule is CN1C2CCC1CC(C(O)C1CCCCC1)C2. The molecule has 2 bridgehead atoms. The van der Waals surface area contributed by atoms with E-state index in [9.17, 15) is 5.11 Å². The lowest BCUT2D eigenvalue weighted by molar-refractivity contribution is -0.00890. The predicted octanol–water partition coefficient (Wildman–Crippen LogP) is 2.80. The highest BCUT2D eigenvalue weighted by atomic mass is 16.3. The van der Waals surface area contributed by atoms with Crippen molar-refractivity contribution in [2.75, 3.05) is 7.05 Å². The molecule has 1 N–H and O–H groups in total. The highest BCUT2D eigenvalue weighted by Gasteiger charge is 2.42. The molecule has 0 radical (unpaired) electrons. The molecule has 2 saturated heterocycles. The first kappa shape index (κ1) is 12.0. The van der Waals surface area contributed by atoms with Crippen LogP contribution in [0.15, 0.2) is 0 Å². The first-order chi connectivity index (χ1) is 8.25. The fourth-order valence-electron chi connectivity index (χ4n) is 4.59. The van der Waals surface area contributed by atoms with Gasteiger partial charge in [-0.15, -0.1) is 0 Å². The van der Waals surface area contributed by atoms with Gasteiger partial charge in [0, 0.05) is 12.1 Å². The van der Waals surface area contributed by atoms with Gasteiger partial charge in [0.2, 0.25) is 0 Å². The van der Waals surface area contributed by atoms with Crippen LogP contribution in [0.3, 0.4) is 0 Å². The Bertz CT molecular complexity index is 248. The Labute approximate surface area is 105 Å². The zero-order valence-corrected chi connectivity index (χ0v) is 11.1. The molecule has 2 heterocycles. The Kier molecular flexibility index (Phi) is 3.45. The van der Waals surface area contributed by atoms with Crippen LogP contribution in [0.5, 0.6) is 0 Å². The molecule has 0 aromatic heterocycles. The normalized spacial score (nSPS) is 41.6. The van der Waals surface area contributed by atoms with E-state index in [1.807, 2.05) is 0 Å². The largest absolute Gasteiger partial charge is 0.393 e. The molecule has 0 aromatic rings. The van der Waals surface area contributed by atoms with E-state index in [4.69, 9.17) is 0 Å². The third-order valence-electron chi connectivity index (χ3n) is 5.75. The monoisotopic (exact) mass is 237 g/mol. The summed E-state index contributed by atoms with van der Waals surface area (Å²) in [5.74, 6) is 1.23. The molecule has 3 aliphatic rings. The molecule has 0 amide bonds. The number of fused-ring (bicyclic) bond motifs is 2. The minimum Gasteiger partial charge on any atom is -0.393 e. The van der Waals surface area contributed by atoms with Crippen LogP contribution in [-0.4, -0.2) is 35.2 Å². The Morgan fingerprint density at radius 3 is 2.06 bits per heavy atom. The van der Waals surface area contributed by atoms with Crippen LogP contribution in [0.25, 0.3) is 0 Å². The van der Waals surface area contributed by atoms with Gasteiger partial charge in [0.25, 0.3) is 0 Å². The Hall–Kier alpha value is -0.0800. The summed E-state index contributed by atoms with van der Waals surface area (Å²) in [6.07, 6.45) is 11.9. The lowest BCUT2D eigenvalue weighted by Crippen LogP contribution is -2.45. The second-order valence-corrected chi connectivity index (χ2v) is 6.67. The van der Waals surface area contributed by atoms with E-state index in [1.165, 1.54) is 57.8 Å². The maximum atomic E-state index is 10.6. The van der Waals surface area contributed by atoms with Crippen LogP contribution >= 0.6 is 0 Å². The summed E-state index contributed by atoms with van der Waals surface area (Å²) in [7, 11) is 2.28. The number of piperidine rings is 1. The molecule has 98 valence electrons. The van der Waals surface area contributed by atoms with Crippen molar-refractivity contribution in [2.24, 2.45) is 11.8 Å². The number of hydrogen-bond donors (Lipinski definition) is 1. The summed E-state index contributed by atoms with van der Waals surface area (Å²) in [4.78, 5) is 2.57. The van der Waals surface area contributed by atoms with Gasteiger partial charge in [-0.05, 0) is 57.4 Å². The molecule has 3 atom stereocenters. The van der Waals surface area contributed by atoms with Crippen molar-refractivity contribution in [1.82, 2.24) is 4.90 Å². The minimum atomic E-state index is 0.00657. The number of hydrogen-bond acceptors (Lipinski definition) is 2. The van der Waals surface area contributed by atoms with E-state index in [1.54, 1.807) is 0 Å². The first-order valence-corrected chi connectivity index (χ1v) is 7.65. The Balaban J connectivity index is 1.61. The second-order valence-electron chi connectivity index (χ2n) is 6.67. The summed E-state index contributed by atoms with van der Waals surface area (Å²) in [6, 6.07) is 1.55. The van der Waals surface area contributed by atoms with Crippen LogP contribution in [0.2, 0.25) is 0 Å². The molecule has 3 fully saturated rings. The molecular formula is C15H27NO. The first-order valence-electron chi connectivity index (χ1n) is 7.65. The maximum Gasteiger partial charge on any atom is 0.0597 e. The summed E-state index contributed by atoms with van der Waals surface area (Å²) in [6.45, 7) is 0. The van der Waals surface area contributed by atoms with Crippen molar-refractivity contribution < 1.29 is 5.11 Å². The highest BCUT2D eigenvalue weighted by Crippen LogP contribution is 2.41. The van der Waals surface area contributed by atoms with Gasteiger partial charge >= 0.3 is 0 Å². The van der Waals surface area contributed by atoms with E-state index in [0.29, 0.717) is 11.8 Å². The average molecular weight is 237 g/mol. The molecule has 2 heteroatoms. The van der Waals surface area contributed by atoms with Crippen LogP contribution in [-0.2, 0) is 0 Å². The number of aliphatic hydroxyl groups excluding tert-OH is 1. The minimum absolute atomic E-state index is 0.00657. The summed E-state index contributed by atoms with van der Waals surface area (Å²) < 4.78 is 0. The Morgan fingerprint density at radius 1 is 0.882 bits per heavy atom. The fraction of sp³-hybridized carbons (Fsp3) is 1.00.